The molecule has 0 aromatic heterocycles. The van der Waals surface area contributed by atoms with E-state index in [1.807, 2.05) is 0 Å². The molecule has 0 bridgehead atoms. The molecular formula is C29H46O17. The van der Waals surface area contributed by atoms with Crippen molar-refractivity contribution in [3.8, 4) is 0 Å². The van der Waals surface area contributed by atoms with E-state index >= 15 is 0 Å². The standard InChI is InChI=1S/C29H46O17/c1-6-29(4,9-7-8-14(2)25(39)41-5)46-27-23(38)21(36)24(45-26-22(37)20(35)19(34)15(12-30)43-26)16(44-27)13-42-18(33)11-28(3,40)10-17(31)32/h6,8,15-16,19-24,26-27,30,34-38,40H,1,7,9-13H2,2-5H3,(H,31,32)/b14-8+. The number of methoxy groups -OCH3 is 1. The minimum absolute atomic E-state index is 0.219. The summed E-state index contributed by atoms with van der Waals surface area (Å²) in [7, 11) is 1.24. The molecule has 0 spiro atoms. The van der Waals surface area contributed by atoms with Crippen molar-refractivity contribution in [1.29, 1.82) is 0 Å². The Morgan fingerprint density at radius 3 is 2.09 bits per heavy atom. The maximum absolute atomic E-state index is 12.5. The Bertz CT molecular complexity index is 1080. The summed E-state index contributed by atoms with van der Waals surface area (Å²) in [6.07, 6.45) is -15.0. The van der Waals surface area contributed by atoms with Gasteiger partial charge in [-0.15, -0.1) is 6.58 Å². The van der Waals surface area contributed by atoms with Crippen LogP contribution in [-0.2, 0) is 42.8 Å². The number of hydrogen-bond donors (Lipinski definition) is 8. The quantitative estimate of drug-likeness (QED) is 0.0486. The van der Waals surface area contributed by atoms with E-state index in [4.69, 9.17) is 28.8 Å². The molecule has 12 unspecified atom stereocenters. The van der Waals surface area contributed by atoms with Crippen LogP contribution in [0.3, 0.4) is 0 Å². The van der Waals surface area contributed by atoms with Crippen molar-refractivity contribution in [3.05, 3.63) is 24.3 Å². The van der Waals surface area contributed by atoms with Gasteiger partial charge in [0.25, 0.3) is 0 Å². The minimum Gasteiger partial charge on any atom is -0.481 e. The molecule has 0 radical (unpaired) electrons. The molecule has 2 fully saturated rings. The first-order valence-corrected chi connectivity index (χ1v) is 14.5. The highest BCUT2D eigenvalue weighted by Gasteiger charge is 2.52. The number of rotatable bonds is 16. The Hall–Kier alpha value is -2.55. The second-order valence-corrected chi connectivity index (χ2v) is 11.8. The highest BCUT2D eigenvalue weighted by molar-refractivity contribution is 5.87. The van der Waals surface area contributed by atoms with Crippen LogP contribution in [0.1, 0.15) is 46.5 Å². The summed E-state index contributed by atoms with van der Waals surface area (Å²) in [6.45, 7) is 6.54. The molecule has 0 amide bonds. The molecule has 0 aromatic carbocycles. The summed E-state index contributed by atoms with van der Waals surface area (Å²) in [6, 6.07) is 0. The zero-order chi connectivity index (χ0) is 35.0. The average Bonchev–Trinajstić information content (AvgIpc) is 2.98. The first-order chi connectivity index (χ1) is 21.4. The largest absolute Gasteiger partial charge is 0.481 e. The smallest absolute Gasteiger partial charge is 0.333 e. The number of ether oxygens (including phenoxy) is 6. The van der Waals surface area contributed by atoms with Gasteiger partial charge in [-0.3, -0.25) is 9.59 Å². The number of carboxylic acid groups (broad SMARTS) is 1. The highest BCUT2D eigenvalue weighted by atomic mass is 16.7. The second-order valence-electron chi connectivity index (χ2n) is 11.8. The lowest BCUT2D eigenvalue weighted by Crippen LogP contribution is -2.65. The lowest BCUT2D eigenvalue weighted by Gasteiger charge is -2.47. The third kappa shape index (κ3) is 10.7. The number of aliphatic hydroxyl groups is 7. The topological polar surface area (TPSA) is 268 Å². The zero-order valence-corrected chi connectivity index (χ0v) is 26.1. The molecule has 264 valence electrons. The van der Waals surface area contributed by atoms with Gasteiger partial charge in [0, 0.05) is 5.57 Å². The number of carbonyl (C=O) groups is 3. The second kappa shape index (κ2) is 17.0. The Morgan fingerprint density at radius 2 is 1.52 bits per heavy atom. The predicted molar refractivity (Wildman–Crippen MR) is 152 cm³/mol. The lowest BCUT2D eigenvalue weighted by molar-refractivity contribution is -0.366. The van der Waals surface area contributed by atoms with E-state index in [0.717, 1.165) is 6.92 Å². The number of carbonyl (C=O) groups excluding carboxylic acids is 2. The fourth-order valence-corrected chi connectivity index (χ4v) is 4.86. The molecule has 2 heterocycles. The van der Waals surface area contributed by atoms with Gasteiger partial charge in [0.2, 0.25) is 0 Å². The fourth-order valence-electron chi connectivity index (χ4n) is 4.86. The summed E-state index contributed by atoms with van der Waals surface area (Å²) < 4.78 is 32.7. The minimum atomic E-state index is -1.96. The van der Waals surface area contributed by atoms with Crippen LogP contribution in [0.15, 0.2) is 24.3 Å². The molecule has 2 aliphatic rings. The van der Waals surface area contributed by atoms with Gasteiger partial charge in [0.1, 0.15) is 55.4 Å². The molecule has 2 rings (SSSR count). The van der Waals surface area contributed by atoms with Crippen LogP contribution in [0.25, 0.3) is 0 Å². The molecule has 0 aromatic rings. The molecule has 12 atom stereocenters. The van der Waals surface area contributed by atoms with Gasteiger partial charge in [-0.2, -0.15) is 0 Å². The molecule has 2 saturated heterocycles. The number of aliphatic carboxylic acids is 1. The average molecular weight is 667 g/mol. The van der Waals surface area contributed by atoms with Crippen LogP contribution in [0, 0.1) is 0 Å². The van der Waals surface area contributed by atoms with Gasteiger partial charge in [0.15, 0.2) is 12.6 Å². The van der Waals surface area contributed by atoms with E-state index in [1.54, 1.807) is 19.9 Å². The van der Waals surface area contributed by atoms with Crippen LogP contribution in [0.2, 0.25) is 0 Å². The van der Waals surface area contributed by atoms with Crippen molar-refractivity contribution in [2.75, 3.05) is 20.3 Å². The first kappa shape index (κ1) is 39.6. The SMILES string of the molecule is C=CC(C)(CC/C=C(\C)C(=O)OC)OC1OC(COC(=O)CC(C)(O)CC(=O)O)C(OC2OC(CO)C(O)C(O)C2O)C(O)C1O. The van der Waals surface area contributed by atoms with Crippen LogP contribution in [-0.4, -0.2) is 152 Å². The number of allylic oxidation sites excluding steroid dienone is 1. The lowest BCUT2D eigenvalue weighted by atomic mass is 9.95. The van der Waals surface area contributed by atoms with Crippen LogP contribution < -0.4 is 0 Å². The fraction of sp³-hybridized carbons (Fsp3) is 0.759. The van der Waals surface area contributed by atoms with Crippen LogP contribution in [0.5, 0.6) is 0 Å². The maximum Gasteiger partial charge on any atom is 0.333 e. The van der Waals surface area contributed by atoms with Gasteiger partial charge in [-0.25, -0.2) is 4.79 Å². The molecule has 0 saturated carbocycles. The van der Waals surface area contributed by atoms with E-state index in [0.29, 0.717) is 12.0 Å². The third-order valence-electron chi connectivity index (χ3n) is 7.66. The molecule has 46 heavy (non-hydrogen) atoms. The van der Waals surface area contributed by atoms with Gasteiger partial charge in [-0.1, -0.05) is 12.2 Å². The zero-order valence-electron chi connectivity index (χ0n) is 26.1. The number of carboxylic acids is 1. The number of aliphatic hydroxyl groups excluding tert-OH is 6. The van der Waals surface area contributed by atoms with Crippen molar-refractivity contribution < 1.29 is 83.7 Å². The summed E-state index contributed by atoms with van der Waals surface area (Å²) >= 11 is 0. The van der Waals surface area contributed by atoms with Crippen LogP contribution in [0.4, 0.5) is 0 Å². The highest BCUT2D eigenvalue weighted by Crippen LogP contribution is 2.33. The molecule has 0 aliphatic carbocycles. The predicted octanol–water partition coefficient (Wildman–Crippen LogP) is -2.36. The van der Waals surface area contributed by atoms with Gasteiger partial charge in [0.05, 0.1) is 37.8 Å². The number of hydrogen-bond acceptors (Lipinski definition) is 16. The number of esters is 2. The molecular weight excluding hydrogens is 620 g/mol. The molecule has 17 heteroatoms. The van der Waals surface area contributed by atoms with E-state index in [9.17, 15) is 50.1 Å². The Kier molecular flexibility index (Phi) is 14.7. The summed E-state index contributed by atoms with van der Waals surface area (Å²) in [4.78, 5) is 35.2. The van der Waals surface area contributed by atoms with Gasteiger partial charge >= 0.3 is 17.9 Å². The Labute approximate surface area is 265 Å². The maximum atomic E-state index is 12.5. The van der Waals surface area contributed by atoms with Gasteiger partial charge < -0.3 is 69.3 Å². The van der Waals surface area contributed by atoms with E-state index < -0.39 is 117 Å². The molecule has 8 N–H and O–H groups in total. The van der Waals surface area contributed by atoms with Crippen molar-refractivity contribution in [1.82, 2.24) is 0 Å². The molecule has 17 nitrogen and oxygen atoms in total. The van der Waals surface area contributed by atoms with Crippen LogP contribution >= 0.6 is 0 Å². The summed E-state index contributed by atoms with van der Waals surface area (Å²) in [5.41, 5.74) is -2.83. The Balaban J connectivity index is 2.29. The van der Waals surface area contributed by atoms with Crippen molar-refractivity contribution in [2.24, 2.45) is 0 Å². The Morgan fingerprint density at radius 1 is 0.913 bits per heavy atom. The van der Waals surface area contributed by atoms with Crippen molar-refractivity contribution >= 4 is 17.9 Å². The van der Waals surface area contributed by atoms with Crippen molar-refractivity contribution in [2.45, 2.75) is 119 Å². The van der Waals surface area contributed by atoms with E-state index in [-0.39, 0.29) is 6.42 Å². The molecule has 2 aliphatic heterocycles. The van der Waals surface area contributed by atoms with Gasteiger partial charge in [-0.05, 0) is 33.6 Å². The summed E-state index contributed by atoms with van der Waals surface area (Å²) in [5, 5.41) is 81.5. The first-order valence-electron chi connectivity index (χ1n) is 14.5. The summed E-state index contributed by atoms with van der Waals surface area (Å²) in [5.74, 6) is -2.94. The third-order valence-corrected chi connectivity index (χ3v) is 7.66. The van der Waals surface area contributed by atoms with E-state index in [1.165, 1.54) is 13.2 Å². The van der Waals surface area contributed by atoms with E-state index in [2.05, 4.69) is 11.3 Å². The van der Waals surface area contributed by atoms with Crippen molar-refractivity contribution in [3.63, 3.8) is 0 Å². The normalized spacial score (nSPS) is 34.5. The monoisotopic (exact) mass is 666 g/mol.